The van der Waals surface area contributed by atoms with Crippen molar-refractivity contribution in [3.05, 3.63) is 88.6 Å². The first-order chi connectivity index (χ1) is 26.1. The fourth-order valence-electron chi connectivity index (χ4n) is 5.86. The highest BCUT2D eigenvalue weighted by molar-refractivity contribution is 5.87. The lowest BCUT2D eigenvalue weighted by atomic mass is 9.96. The van der Waals surface area contributed by atoms with Gasteiger partial charge >= 0.3 is 17.9 Å². The van der Waals surface area contributed by atoms with Gasteiger partial charge in [-0.3, -0.25) is 4.79 Å². The van der Waals surface area contributed by atoms with E-state index in [2.05, 4.69) is 0 Å². The Hall–Kier alpha value is -6.06. The highest BCUT2D eigenvalue weighted by Crippen LogP contribution is 2.34. The summed E-state index contributed by atoms with van der Waals surface area (Å²) in [7, 11) is 0. The summed E-state index contributed by atoms with van der Waals surface area (Å²) in [6, 6.07) is 14.2. The van der Waals surface area contributed by atoms with Crippen LogP contribution in [-0.4, -0.2) is 125 Å². The molecule has 4 aromatic rings. The van der Waals surface area contributed by atoms with Gasteiger partial charge in [-0.1, -0.05) is 12.1 Å². The highest BCUT2D eigenvalue weighted by atomic mass is 16.8. The van der Waals surface area contributed by atoms with Gasteiger partial charge in [-0.25, -0.2) is 14.4 Å². The SMILES string of the molecule is O=C(/C=C/c1ccc(O)cc1)OC1C(OC2C(Oc3ccc(-c4cc(=O)c5c(O)cc(O)cc5o4)cc3)OC(C(=O)O)C(O)C2O)OC(C(=O)O)C(O)C1O. The molecule has 9 N–H and O–H groups in total. The Bertz CT molecular complexity index is 2150. The first kappa shape index (κ1) is 38.7. The molecule has 0 radical (unpaired) electrons. The molecule has 3 aromatic carbocycles. The lowest BCUT2D eigenvalue weighted by Crippen LogP contribution is -2.66. The van der Waals surface area contributed by atoms with E-state index in [4.69, 9.17) is 28.1 Å². The number of aromatic hydroxyl groups is 3. The summed E-state index contributed by atoms with van der Waals surface area (Å²) >= 11 is 0. The molecule has 2 saturated heterocycles. The predicted molar refractivity (Wildman–Crippen MR) is 180 cm³/mol. The van der Waals surface area contributed by atoms with Crippen molar-refractivity contribution < 1.29 is 88.4 Å². The molecule has 10 atom stereocenters. The maximum atomic E-state index is 12.8. The number of fused-ring (bicyclic) bond motifs is 1. The van der Waals surface area contributed by atoms with Gasteiger partial charge in [0.1, 0.15) is 64.1 Å². The standard InChI is InChI=1S/C36H32O19/c37-16-6-1-14(2-7-16)3-10-23(41)52-31-27(44)25(42)30(34(48)49)54-36(31)55-32-28(45)26(43)29(33(46)47)53-35(32)50-18-8-4-15(5-9-18)21-13-20(40)24-19(39)11-17(38)12-22(24)51-21/h1-13,25-32,35-39,42-45H,(H,46,47)(H,48,49)/b10-3+. The van der Waals surface area contributed by atoms with Crippen LogP contribution >= 0.6 is 0 Å². The van der Waals surface area contributed by atoms with Crippen molar-refractivity contribution >= 4 is 35.0 Å². The van der Waals surface area contributed by atoms with E-state index in [1.54, 1.807) is 0 Å². The molecule has 19 heteroatoms. The summed E-state index contributed by atoms with van der Waals surface area (Å²) in [5.41, 5.74) is -0.0126. The Morgan fingerprint density at radius 1 is 0.691 bits per heavy atom. The van der Waals surface area contributed by atoms with Crippen molar-refractivity contribution in [3.8, 4) is 34.3 Å². The van der Waals surface area contributed by atoms with E-state index in [0.717, 1.165) is 24.3 Å². The fraction of sp³-hybridized carbons (Fsp3) is 0.278. The van der Waals surface area contributed by atoms with E-state index in [9.17, 15) is 65.1 Å². The van der Waals surface area contributed by atoms with Gasteiger partial charge in [-0.15, -0.1) is 0 Å². The third kappa shape index (κ3) is 8.22. The predicted octanol–water partition coefficient (Wildman–Crippen LogP) is 0.0286. The molecule has 0 saturated carbocycles. The molecule has 1 aromatic heterocycles. The molecule has 19 nitrogen and oxygen atoms in total. The number of esters is 1. The van der Waals surface area contributed by atoms with Gasteiger partial charge in [0.2, 0.25) is 6.29 Å². The molecule has 0 bridgehead atoms. The van der Waals surface area contributed by atoms with Gasteiger partial charge in [0.15, 0.2) is 36.1 Å². The average Bonchev–Trinajstić information content (AvgIpc) is 3.13. The molecule has 0 aliphatic carbocycles. The monoisotopic (exact) mass is 768 g/mol. The minimum atomic E-state index is -2.18. The molecular formula is C36H32O19. The van der Waals surface area contributed by atoms with E-state index in [0.29, 0.717) is 5.56 Å². The van der Waals surface area contributed by atoms with Gasteiger partial charge in [-0.05, 0) is 48.0 Å². The number of carboxylic acids is 2. The zero-order valence-corrected chi connectivity index (χ0v) is 27.9. The third-order valence-corrected chi connectivity index (χ3v) is 8.61. The van der Waals surface area contributed by atoms with Crippen molar-refractivity contribution in [1.82, 2.24) is 0 Å². The molecule has 2 fully saturated rings. The number of carboxylic acid groups (broad SMARTS) is 2. The number of carbonyl (C=O) groups is 3. The van der Waals surface area contributed by atoms with Crippen molar-refractivity contribution in [2.24, 2.45) is 0 Å². The van der Waals surface area contributed by atoms with E-state index in [1.165, 1.54) is 54.6 Å². The smallest absolute Gasteiger partial charge is 0.335 e. The number of ether oxygens (including phenoxy) is 5. The van der Waals surface area contributed by atoms with Crippen LogP contribution in [0.25, 0.3) is 28.4 Å². The maximum absolute atomic E-state index is 12.8. The second kappa shape index (κ2) is 15.7. The summed E-state index contributed by atoms with van der Waals surface area (Å²) in [4.78, 5) is 49.3. The summed E-state index contributed by atoms with van der Waals surface area (Å²) < 4.78 is 33.3. The van der Waals surface area contributed by atoms with Gasteiger partial charge in [-0.2, -0.15) is 0 Å². The topological polar surface area (TPSA) is 310 Å². The van der Waals surface area contributed by atoms with Crippen molar-refractivity contribution in [2.45, 2.75) is 61.4 Å². The van der Waals surface area contributed by atoms with Gasteiger partial charge in [0, 0.05) is 29.8 Å². The van der Waals surface area contributed by atoms with Crippen molar-refractivity contribution in [1.29, 1.82) is 0 Å². The van der Waals surface area contributed by atoms with Crippen LogP contribution in [0.1, 0.15) is 5.56 Å². The average molecular weight is 769 g/mol. The highest BCUT2D eigenvalue weighted by Gasteiger charge is 2.55. The molecule has 0 spiro atoms. The molecule has 10 unspecified atom stereocenters. The Labute approximate surface area is 307 Å². The number of aliphatic hydroxyl groups is 4. The number of phenols is 3. The Morgan fingerprint density at radius 2 is 1.29 bits per heavy atom. The lowest BCUT2D eigenvalue weighted by Gasteiger charge is -2.45. The fourth-order valence-corrected chi connectivity index (χ4v) is 5.86. The Kier molecular flexibility index (Phi) is 11.1. The molecule has 3 heterocycles. The molecular weight excluding hydrogens is 736 g/mol. The summed E-state index contributed by atoms with van der Waals surface area (Å²) in [6.07, 6.45) is -18.8. The van der Waals surface area contributed by atoms with E-state index < -0.39 is 90.5 Å². The molecule has 0 amide bonds. The first-order valence-corrected chi connectivity index (χ1v) is 16.2. The second-order valence-electron chi connectivity index (χ2n) is 12.4. The minimum absolute atomic E-state index is 0.00957. The number of hydrogen-bond donors (Lipinski definition) is 9. The van der Waals surface area contributed by atoms with Crippen molar-refractivity contribution in [3.63, 3.8) is 0 Å². The van der Waals surface area contributed by atoms with Gasteiger partial charge in [0.05, 0.1) is 0 Å². The van der Waals surface area contributed by atoms with Crippen molar-refractivity contribution in [2.75, 3.05) is 0 Å². The van der Waals surface area contributed by atoms with Crippen LogP contribution in [0.5, 0.6) is 23.0 Å². The Morgan fingerprint density at radius 3 is 1.91 bits per heavy atom. The lowest BCUT2D eigenvalue weighted by molar-refractivity contribution is -0.350. The largest absolute Gasteiger partial charge is 0.508 e. The van der Waals surface area contributed by atoms with Crippen LogP contribution in [-0.2, 0) is 33.3 Å². The molecule has 2 aliphatic heterocycles. The second-order valence-corrected chi connectivity index (χ2v) is 12.4. The molecule has 55 heavy (non-hydrogen) atoms. The van der Waals surface area contributed by atoms with Crippen LogP contribution in [0.15, 0.2) is 82.0 Å². The van der Waals surface area contributed by atoms with Crippen LogP contribution in [0.4, 0.5) is 0 Å². The number of hydrogen-bond acceptors (Lipinski definition) is 17. The first-order valence-electron chi connectivity index (χ1n) is 16.2. The summed E-state index contributed by atoms with van der Waals surface area (Å²) in [6.45, 7) is 0. The molecule has 6 rings (SSSR count). The zero-order valence-electron chi connectivity index (χ0n) is 27.9. The number of phenolic OH excluding ortho intramolecular Hbond substituents is 3. The maximum Gasteiger partial charge on any atom is 0.335 e. The summed E-state index contributed by atoms with van der Waals surface area (Å²) in [5, 5.41) is 91.6. The van der Waals surface area contributed by atoms with Gasteiger partial charge in [0.25, 0.3) is 0 Å². The molecule has 290 valence electrons. The van der Waals surface area contributed by atoms with Crippen LogP contribution in [0, 0.1) is 0 Å². The minimum Gasteiger partial charge on any atom is -0.508 e. The van der Waals surface area contributed by atoms with E-state index in [1.807, 2.05) is 0 Å². The Balaban J connectivity index is 1.27. The number of benzene rings is 3. The number of aliphatic hydroxyl groups excluding tert-OH is 4. The summed E-state index contributed by atoms with van der Waals surface area (Å²) in [5.74, 6) is -5.61. The van der Waals surface area contributed by atoms with Crippen LogP contribution < -0.4 is 10.2 Å². The van der Waals surface area contributed by atoms with Gasteiger partial charge < -0.3 is 74.1 Å². The van der Waals surface area contributed by atoms with Crippen LogP contribution in [0.3, 0.4) is 0 Å². The van der Waals surface area contributed by atoms with E-state index in [-0.39, 0.29) is 39.5 Å². The zero-order chi connectivity index (χ0) is 39.7. The number of rotatable bonds is 10. The quantitative estimate of drug-likeness (QED) is 0.0759. The number of aliphatic carboxylic acids is 2. The van der Waals surface area contributed by atoms with Crippen LogP contribution in [0.2, 0.25) is 0 Å². The van der Waals surface area contributed by atoms with E-state index >= 15 is 0 Å². The normalized spacial score (nSPS) is 28.1. The third-order valence-electron chi connectivity index (χ3n) is 8.61. The number of carbonyl (C=O) groups excluding carboxylic acids is 1. The molecule has 2 aliphatic rings.